The van der Waals surface area contributed by atoms with Gasteiger partial charge in [0.25, 0.3) is 0 Å². The third kappa shape index (κ3) is 2.97. The number of carbonyl (C=O) groups is 1. The molecule has 0 radical (unpaired) electrons. The molecule has 30 heavy (non-hydrogen) atoms. The van der Waals surface area contributed by atoms with E-state index in [1.54, 1.807) is 24.3 Å². The number of rotatable bonds is 4. The molecule has 0 saturated carbocycles. The number of ketones is 1. The molecule has 3 aromatic rings. The van der Waals surface area contributed by atoms with Crippen LogP contribution in [0.3, 0.4) is 0 Å². The van der Waals surface area contributed by atoms with Crippen molar-refractivity contribution in [2.75, 3.05) is 18.0 Å². The van der Waals surface area contributed by atoms with Gasteiger partial charge in [0, 0.05) is 24.2 Å². The lowest BCUT2D eigenvalue weighted by Crippen LogP contribution is -2.30. The molecule has 0 unspecified atom stereocenters. The SMILES string of the molecule is O=C1c2ccccc2-c2ccc(Oc3ncnc(N4CCCCC4)c3[N+](=O)[O-])cc21. The summed E-state index contributed by atoms with van der Waals surface area (Å²) < 4.78 is 5.80. The van der Waals surface area contributed by atoms with Gasteiger partial charge in [0.2, 0.25) is 5.82 Å². The van der Waals surface area contributed by atoms with E-state index in [1.807, 2.05) is 23.1 Å². The molecule has 8 nitrogen and oxygen atoms in total. The Labute approximate surface area is 172 Å². The Bertz CT molecular complexity index is 1170. The van der Waals surface area contributed by atoms with Crippen LogP contribution in [-0.4, -0.2) is 33.8 Å². The Morgan fingerprint density at radius 2 is 1.67 bits per heavy atom. The third-order valence-corrected chi connectivity index (χ3v) is 5.52. The molecule has 2 heterocycles. The summed E-state index contributed by atoms with van der Waals surface area (Å²) in [5.74, 6) is 0.381. The number of hydrogen-bond donors (Lipinski definition) is 0. The zero-order valence-electron chi connectivity index (χ0n) is 16.1. The van der Waals surface area contributed by atoms with E-state index in [2.05, 4.69) is 9.97 Å². The standard InChI is InChI=1S/C22H18N4O4/c27-20-17-7-3-2-6-15(17)16-9-8-14(12-18(16)20)30-22-19(26(28)29)21(23-13-24-22)25-10-4-1-5-11-25/h2-3,6-9,12-13H,1,4-5,10-11H2. The van der Waals surface area contributed by atoms with Gasteiger partial charge >= 0.3 is 11.6 Å². The first-order valence-electron chi connectivity index (χ1n) is 9.84. The summed E-state index contributed by atoms with van der Waals surface area (Å²) in [7, 11) is 0. The summed E-state index contributed by atoms with van der Waals surface area (Å²) in [6, 6.07) is 12.5. The van der Waals surface area contributed by atoms with Crippen LogP contribution >= 0.6 is 0 Å². The first-order chi connectivity index (χ1) is 14.6. The fraction of sp³-hybridized carbons (Fsp3) is 0.227. The van der Waals surface area contributed by atoms with Gasteiger partial charge in [-0.25, -0.2) is 4.98 Å². The van der Waals surface area contributed by atoms with Gasteiger partial charge in [0.05, 0.1) is 4.92 Å². The quantitative estimate of drug-likeness (QED) is 0.369. The molecule has 0 bridgehead atoms. The van der Waals surface area contributed by atoms with Crippen molar-refractivity contribution in [2.45, 2.75) is 19.3 Å². The lowest BCUT2D eigenvalue weighted by molar-refractivity contribution is -0.385. The zero-order valence-corrected chi connectivity index (χ0v) is 16.1. The molecule has 1 saturated heterocycles. The molecule has 1 fully saturated rings. The molecule has 2 aromatic carbocycles. The van der Waals surface area contributed by atoms with E-state index in [4.69, 9.17) is 4.74 Å². The molecule has 1 aliphatic carbocycles. The number of benzene rings is 2. The van der Waals surface area contributed by atoms with Crippen LogP contribution in [0.2, 0.25) is 0 Å². The van der Waals surface area contributed by atoms with Crippen molar-refractivity contribution in [2.24, 2.45) is 0 Å². The second-order valence-corrected chi connectivity index (χ2v) is 7.34. The number of nitro groups is 1. The molecule has 150 valence electrons. The van der Waals surface area contributed by atoms with Gasteiger partial charge in [0.1, 0.15) is 12.1 Å². The number of aromatic nitrogens is 2. The van der Waals surface area contributed by atoms with Gasteiger partial charge in [-0.15, -0.1) is 0 Å². The van der Waals surface area contributed by atoms with Gasteiger partial charge in [-0.2, -0.15) is 4.98 Å². The number of nitrogens with zero attached hydrogens (tertiary/aromatic N) is 4. The molecule has 0 spiro atoms. The van der Waals surface area contributed by atoms with Crippen LogP contribution in [0.1, 0.15) is 35.2 Å². The van der Waals surface area contributed by atoms with Crippen molar-refractivity contribution < 1.29 is 14.5 Å². The molecule has 1 aromatic heterocycles. The monoisotopic (exact) mass is 402 g/mol. The molecule has 0 N–H and O–H groups in total. The first kappa shape index (κ1) is 18.2. The van der Waals surface area contributed by atoms with Gasteiger partial charge in [-0.05, 0) is 48.6 Å². The predicted molar refractivity (Wildman–Crippen MR) is 110 cm³/mol. The summed E-state index contributed by atoms with van der Waals surface area (Å²) in [5, 5.41) is 11.8. The minimum Gasteiger partial charge on any atom is -0.434 e. The summed E-state index contributed by atoms with van der Waals surface area (Å²) in [6.45, 7) is 1.42. The van der Waals surface area contributed by atoms with Crippen molar-refractivity contribution in [3.8, 4) is 22.8 Å². The predicted octanol–water partition coefficient (Wildman–Crippen LogP) is 4.38. The number of carbonyl (C=O) groups excluding carboxylic acids is 1. The molecule has 0 amide bonds. The van der Waals surface area contributed by atoms with E-state index in [0.717, 1.165) is 30.4 Å². The smallest absolute Gasteiger partial charge is 0.373 e. The number of anilines is 1. The summed E-state index contributed by atoms with van der Waals surface area (Å²) in [5.41, 5.74) is 2.61. The van der Waals surface area contributed by atoms with Crippen LogP contribution in [0, 0.1) is 10.1 Å². The van der Waals surface area contributed by atoms with E-state index in [0.29, 0.717) is 30.0 Å². The highest BCUT2D eigenvalue weighted by molar-refractivity contribution is 6.21. The highest BCUT2D eigenvalue weighted by Gasteiger charge is 2.31. The molecule has 5 rings (SSSR count). The molecule has 2 aliphatic rings. The van der Waals surface area contributed by atoms with Crippen LogP contribution in [0.25, 0.3) is 11.1 Å². The lowest BCUT2D eigenvalue weighted by Gasteiger charge is -2.27. The van der Waals surface area contributed by atoms with E-state index < -0.39 is 4.92 Å². The van der Waals surface area contributed by atoms with Crippen LogP contribution in [0.15, 0.2) is 48.8 Å². The summed E-state index contributed by atoms with van der Waals surface area (Å²) in [6.07, 6.45) is 4.31. The average Bonchev–Trinajstić information content (AvgIpc) is 3.06. The van der Waals surface area contributed by atoms with Crippen LogP contribution in [0.5, 0.6) is 11.6 Å². The summed E-state index contributed by atoms with van der Waals surface area (Å²) in [4.78, 5) is 34.1. The van der Waals surface area contributed by atoms with E-state index in [-0.39, 0.29) is 23.2 Å². The normalized spacial score (nSPS) is 14.9. The maximum atomic E-state index is 12.7. The molecule has 1 aliphatic heterocycles. The second-order valence-electron chi connectivity index (χ2n) is 7.34. The lowest BCUT2D eigenvalue weighted by atomic mass is 10.1. The van der Waals surface area contributed by atoms with Crippen molar-refractivity contribution in [1.29, 1.82) is 0 Å². The van der Waals surface area contributed by atoms with Gasteiger partial charge in [-0.3, -0.25) is 14.9 Å². The minimum absolute atomic E-state index is 0.0859. The topological polar surface area (TPSA) is 98.5 Å². The van der Waals surface area contributed by atoms with Gasteiger partial charge in [0.15, 0.2) is 5.78 Å². The third-order valence-electron chi connectivity index (χ3n) is 5.52. The average molecular weight is 402 g/mol. The molecule has 8 heteroatoms. The Kier molecular flexibility index (Phi) is 4.39. The highest BCUT2D eigenvalue weighted by atomic mass is 16.6. The maximum Gasteiger partial charge on any atom is 0.373 e. The molecular formula is C22H18N4O4. The number of piperidine rings is 1. The highest BCUT2D eigenvalue weighted by Crippen LogP contribution is 2.41. The fourth-order valence-electron chi connectivity index (χ4n) is 4.11. The summed E-state index contributed by atoms with van der Waals surface area (Å²) >= 11 is 0. The van der Waals surface area contributed by atoms with Crippen molar-refractivity contribution in [3.63, 3.8) is 0 Å². The van der Waals surface area contributed by atoms with E-state index in [1.165, 1.54) is 6.33 Å². The second kappa shape index (κ2) is 7.22. The van der Waals surface area contributed by atoms with Crippen LogP contribution < -0.4 is 9.64 Å². The number of ether oxygens (including phenoxy) is 1. The molecular weight excluding hydrogens is 384 g/mol. The number of fused-ring (bicyclic) bond motifs is 3. The Hall–Kier alpha value is -3.81. The van der Waals surface area contributed by atoms with Gasteiger partial charge in [-0.1, -0.05) is 24.3 Å². The van der Waals surface area contributed by atoms with Gasteiger partial charge < -0.3 is 9.64 Å². The molecule has 0 atom stereocenters. The number of hydrogen-bond acceptors (Lipinski definition) is 7. The van der Waals surface area contributed by atoms with E-state index in [9.17, 15) is 14.9 Å². The van der Waals surface area contributed by atoms with Crippen molar-refractivity contribution in [3.05, 3.63) is 70.0 Å². The minimum atomic E-state index is -0.506. The van der Waals surface area contributed by atoms with Crippen molar-refractivity contribution in [1.82, 2.24) is 9.97 Å². The van der Waals surface area contributed by atoms with E-state index >= 15 is 0 Å². The van der Waals surface area contributed by atoms with Crippen molar-refractivity contribution >= 4 is 17.3 Å². The first-order valence-corrected chi connectivity index (χ1v) is 9.84. The largest absolute Gasteiger partial charge is 0.434 e. The fourth-order valence-corrected chi connectivity index (χ4v) is 4.11. The van der Waals surface area contributed by atoms with Crippen LogP contribution in [-0.2, 0) is 0 Å². The van der Waals surface area contributed by atoms with Crippen LogP contribution in [0.4, 0.5) is 11.5 Å². The maximum absolute atomic E-state index is 12.7. The zero-order chi connectivity index (χ0) is 20.7. The Morgan fingerprint density at radius 3 is 2.43 bits per heavy atom. The Balaban J connectivity index is 1.51. The Morgan fingerprint density at radius 1 is 0.933 bits per heavy atom.